The van der Waals surface area contributed by atoms with Gasteiger partial charge in [0, 0.05) is 0 Å². The molecule has 0 aliphatic heterocycles. The fraction of sp³-hybridized carbons (Fsp3) is 0.889. The van der Waals surface area contributed by atoms with Gasteiger partial charge in [-0.15, -0.1) is 0 Å². The molecule has 0 heterocycles. The van der Waals surface area contributed by atoms with Crippen molar-refractivity contribution in [3.05, 3.63) is 11.6 Å². The normalized spacial score (nSPS) is 17.8. The number of aliphatic hydroxyl groups is 5. The Morgan fingerprint density at radius 1 is 0.794 bits per heavy atom. The molecule has 0 fully saturated rings. The van der Waals surface area contributed by atoms with E-state index in [-0.39, 0.29) is 6.42 Å². The molecule has 7 heteroatoms. The van der Waals surface area contributed by atoms with E-state index in [1.807, 2.05) is 13.0 Å². The first-order chi connectivity index (χ1) is 16.0. The van der Waals surface area contributed by atoms with Crippen molar-refractivity contribution in [1.82, 2.24) is 0 Å². The number of esters is 1. The zero-order valence-corrected chi connectivity index (χ0v) is 22.2. The van der Waals surface area contributed by atoms with Gasteiger partial charge in [-0.2, -0.15) is 0 Å². The van der Waals surface area contributed by atoms with Crippen molar-refractivity contribution in [1.29, 1.82) is 0 Å². The summed E-state index contributed by atoms with van der Waals surface area (Å²) in [5.74, 6) is 1.78. The van der Waals surface area contributed by atoms with Gasteiger partial charge in [0.1, 0.15) is 31.0 Å². The number of allylic oxidation sites excluding steroid dienone is 1. The smallest absolute Gasteiger partial charge is 0.309 e. The second-order valence-electron chi connectivity index (χ2n) is 10.6. The Morgan fingerprint density at radius 2 is 1.29 bits per heavy atom. The molecule has 0 saturated heterocycles. The number of rotatable bonds is 20. The molecule has 202 valence electrons. The van der Waals surface area contributed by atoms with Crippen molar-refractivity contribution in [2.45, 2.75) is 123 Å². The van der Waals surface area contributed by atoms with Gasteiger partial charge in [-0.05, 0) is 37.5 Å². The molecular formula is C27H52O7. The summed E-state index contributed by atoms with van der Waals surface area (Å²) in [5, 5.41) is 47.1. The van der Waals surface area contributed by atoms with Gasteiger partial charge in [0.05, 0.1) is 13.0 Å². The van der Waals surface area contributed by atoms with Crippen LogP contribution >= 0.6 is 0 Å². The first-order valence-corrected chi connectivity index (χ1v) is 13.1. The van der Waals surface area contributed by atoms with Crippen molar-refractivity contribution in [3.63, 3.8) is 0 Å². The molecular weight excluding hydrogens is 436 g/mol. The highest BCUT2D eigenvalue weighted by atomic mass is 16.5. The van der Waals surface area contributed by atoms with Crippen molar-refractivity contribution < 1.29 is 35.1 Å². The number of ether oxygens (including phenoxy) is 1. The first kappa shape index (κ1) is 33.0. The Hall–Kier alpha value is -0.990. The summed E-state index contributed by atoms with van der Waals surface area (Å²) in [5.41, 5.74) is 1.12. The number of hydrogen-bond donors (Lipinski definition) is 5. The summed E-state index contributed by atoms with van der Waals surface area (Å²) in [4.78, 5) is 11.9. The second kappa shape index (κ2) is 19.2. The highest BCUT2D eigenvalue weighted by Gasteiger charge is 2.30. The van der Waals surface area contributed by atoms with Gasteiger partial charge >= 0.3 is 5.97 Å². The minimum absolute atomic E-state index is 0.0702. The van der Waals surface area contributed by atoms with Crippen LogP contribution in [0.3, 0.4) is 0 Å². The standard InChI is InChI=1S/C27H52O7/c1-19(2)9-6-10-20(3)11-7-12-21(4)13-8-14-22(5)15-16-25(31)34-18-24(30)27(33)26(32)23(29)17-28/h15,19-21,23-24,26-30,32-33H,6-14,16-18H2,1-5H3/b22-15+/t20?,21?,23-,24-,26-,27-/m1/s1. The fourth-order valence-corrected chi connectivity index (χ4v) is 3.97. The maximum atomic E-state index is 11.9. The molecule has 0 aromatic carbocycles. The van der Waals surface area contributed by atoms with Crippen LogP contribution in [0.4, 0.5) is 0 Å². The van der Waals surface area contributed by atoms with E-state index in [0.29, 0.717) is 5.92 Å². The number of aliphatic hydroxyl groups excluding tert-OH is 5. The summed E-state index contributed by atoms with van der Waals surface area (Å²) in [6.07, 6.45) is 6.34. The van der Waals surface area contributed by atoms with E-state index in [9.17, 15) is 25.2 Å². The molecule has 2 unspecified atom stereocenters. The van der Waals surface area contributed by atoms with E-state index >= 15 is 0 Å². The molecule has 0 saturated carbocycles. The van der Waals surface area contributed by atoms with Gasteiger partial charge in [0.2, 0.25) is 0 Å². The lowest BCUT2D eigenvalue weighted by Gasteiger charge is -2.25. The third kappa shape index (κ3) is 16.6. The molecule has 6 atom stereocenters. The van der Waals surface area contributed by atoms with Crippen molar-refractivity contribution in [2.75, 3.05) is 13.2 Å². The summed E-state index contributed by atoms with van der Waals surface area (Å²) < 4.78 is 4.93. The van der Waals surface area contributed by atoms with Crippen LogP contribution in [0.2, 0.25) is 0 Å². The zero-order valence-electron chi connectivity index (χ0n) is 22.2. The highest BCUT2D eigenvalue weighted by Crippen LogP contribution is 2.22. The Bertz CT molecular complexity index is 549. The Morgan fingerprint density at radius 3 is 1.82 bits per heavy atom. The Kier molecular flexibility index (Phi) is 18.7. The van der Waals surface area contributed by atoms with Gasteiger partial charge in [-0.1, -0.05) is 84.3 Å². The average molecular weight is 489 g/mol. The van der Waals surface area contributed by atoms with Gasteiger partial charge in [-0.3, -0.25) is 4.79 Å². The molecule has 5 N–H and O–H groups in total. The van der Waals surface area contributed by atoms with E-state index in [1.165, 1.54) is 44.9 Å². The average Bonchev–Trinajstić information content (AvgIpc) is 2.79. The molecule has 0 aromatic rings. The minimum atomic E-state index is -1.73. The topological polar surface area (TPSA) is 127 Å². The van der Waals surface area contributed by atoms with Crippen LogP contribution in [-0.4, -0.2) is 69.1 Å². The van der Waals surface area contributed by atoms with Crippen molar-refractivity contribution in [3.8, 4) is 0 Å². The van der Waals surface area contributed by atoms with Crippen LogP contribution in [0.15, 0.2) is 11.6 Å². The lowest BCUT2D eigenvalue weighted by Crippen LogP contribution is -2.47. The predicted molar refractivity (Wildman–Crippen MR) is 135 cm³/mol. The van der Waals surface area contributed by atoms with Gasteiger partial charge < -0.3 is 30.3 Å². The SMILES string of the molecule is C/C(=C\CC(=O)OC[C@@H](O)[C@@H](O)[C@H](O)[C@H](O)CO)CCCC(C)CCCC(C)CCCC(C)C. The molecule has 0 aromatic heterocycles. The number of hydrogen-bond acceptors (Lipinski definition) is 7. The van der Waals surface area contributed by atoms with Gasteiger partial charge in [0.15, 0.2) is 0 Å². The van der Waals surface area contributed by atoms with E-state index in [1.54, 1.807) is 0 Å². The van der Waals surface area contributed by atoms with E-state index < -0.39 is 43.6 Å². The summed E-state index contributed by atoms with van der Waals surface area (Å²) in [6.45, 7) is 9.99. The summed E-state index contributed by atoms with van der Waals surface area (Å²) >= 11 is 0. The van der Waals surface area contributed by atoms with Gasteiger partial charge in [-0.25, -0.2) is 0 Å². The maximum absolute atomic E-state index is 11.9. The van der Waals surface area contributed by atoms with E-state index in [4.69, 9.17) is 9.84 Å². The Balaban J connectivity index is 3.99. The van der Waals surface area contributed by atoms with Crippen molar-refractivity contribution >= 4 is 5.97 Å². The van der Waals surface area contributed by atoms with Crippen LogP contribution in [0.25, 0.3) is 0 Å². The lowest BCUT2D eigenvalue weighted by atomic mass is 9.91. The van der Waals surface area contributed by atoms with Crippen molar-refractivity contribution in [2.24, 2.45) is 17.8 Å². The predicted octanol–water partition coefficient (Wildman–Crippen LogP) is 3.74. The fourth-order valence-electron chi connectivity index (χ4n) is 3.97. The quantitative estimate of drug-likeness (QED) is 0.130. The minimum Gasteiger partial charge on any atom is -0.463 e. The van der Waals surface area contributed by atoms with Crippen LogP contribution in [0.1, 0.15) is 98.8 Å². The van der Waals surface area contributed by atoms with E-state index in [2.05, 4.69) is 27.7 Å². The summed E-state index contributed by atoms with van der Waals surface area (Å²) in [7, 11) is 0. The molecule has 0 aliphatic rings. The number of carbonyl (C=O) groups is 1. The zero-order chi connectivity index (χ0) is 26.1. The summed E-state index contributed by atoms with van der Waals surface area (Å²) in [6, 6.07) is 0. The Labute approximate surface area is 207 Å². The molecule has 0 amide bonds. The van der Waals surface area contributed by atoms with Crippen LogP contribution in [0.5, 0.6) is 0 Å². The monoisotopic (exact) mass is 488 g/mol. The lowest BCUT2D eigenvalue weighted by molar-refractivity contribution is -0.155. The molecule has 7 nitrogen and oxygen atoms in total. The van der Waals surface area contributed by atoms with Gasteiger partial charge in [0.25, 0.3) is 0 Å². The van der Waals surface area contributed by atoms with E-state index in [0.717, 1.165) is 30.3 Å². The van der Waals surface area contributed by atoms with Crippen LogP contribution in [0, 0.1) is 17.8 Å². The largest absolute Gasteiger partial charge is 0.463 e. The third-order valence-electron chi connectivity index (χ3n) is 6.50. The molecule has 0 spiro atoms. The van der Waals surface area contributed by atoms with Crippen LogP contribution in [-0.2, 0) is 9.53 Å². The molecule has 0 radical (unpaired) electrons. The maximum Gasteiger partial charge on any atom is 0.309 e. The molecule has 0 rings (SSSR count). The second-order valence-corrected chi connectivity index (χ2v) is 10.6. The molecule has 34 heavy (non-hydrogen) atoms. The molecule has 0 aliphatic carbocycles. The number of carbonyl (C=O) groups excluding carboxylic acids is 1. The highest BCUT2D eigenvalue weighted by molar-refractivity contribution is 5.71. The van der Waals surface area contributed by atoms with Crippen LogP contribution < -0.4 is 0 Å². The third-order valence-corrected chi connectivity index (χ3v) is 6.50. The molecule has 0 bridgehead atoms. The first-order valence-electron chi connectivity index (χ1n) is 13.1.